The number of hydrogen-bond acceptors (Lipinski definition) is 5. The number of nitrogens with zero attached hydrogens (tertiary/aromatic N) is 3. The molecule has 1 aromatic heterocycles. The summed E-state index contributed by atoms with van der Waals surface area (Å²) in [6.07, 6.45) is 9.75. The standard InChI is InChI=1S/C27H30N4O3/c1-34-23-14-12-21(13-15-23)25(26(32)30-22-10-6-3-7-11-22)31(19-20-8-4-2-5-9-20)27(33)24-18-28-16-17-29-24/h2,4-5,8-9,12-18,22,25H,3,6-7,10-11,19H2,1H3,(H,30,32)/t25-/m0/s1. The van der Waals surface area contributed by atoms with Gasteiger partial charge in [-0.25, -0.2) is 4.98 Å². The molecule has 1 heterocycles. The van der Waals surface area contributed by atoms with Gasteiger partial charge in [0.25, 0.3) is 5.91 Å². The molecule has 3 aromatic rings. The quantitative estimate of drug-likeness (QED) is 0.544. The van der Waals surface area contributed by atoms with Gasteiger partial charge in [-0.1, -0.05) is 61.7 Å². The van der Waals surface area contributed by atoms with Crippen LogP contribution in [0.25, 0.3) is 0 Å². The predicted octanol–water partition coefficient (Wildman–Crippen LogP) is 4.32. The minimum Gasteiger partial charge on any atom is -0.497 e. The maximum absolute atomic E-state index is 13.8. The summed E-state index contributed by atoms with van der Waals surface area (Å²) in [4.78, 5) is 37.3. The Hall–Kier alpha value is -3.74. The molecule has 2 amide bonds. The highest BCUT2D eigenvalue weighted by molar-refractivity contribution is 5.96. The predicted molar refractivity (Wildman–Crippen MR) is 129 cm³/mol. The Morgan fingerprint density at radius 3 is 2.41 bits per heavy atom. The Morgan fingerprint density at radius 1 is 1.03 bits per heavy atom. The topological polar surface area (TPSA) is 84.4 Å². The molecule has 1 N–H and O–H groups in total. The molecule has 0 bridgehead atoms. The van der Waals surface area contributed by atoms with Gasteiger partial charge in [-0.2, -0.15) is 0 Å². The third-order valence-electron chi connectivity index (χ3n) is 6.18. The molecule has 2 aromatic carbocycles. The van der Waals surface area contributed by atoms with Crippen molar-refractivity contribution in [2.24, 2.45) is 0 Å². The van der Waals surface area contributed by atoms with E-state index >= 15 is 0 Å². The number of nitrogens with one attached hydrogen (secondary N) is 1. The van der Waals surface area contributed by atoms with Crippen molar-refractivity contribution in [2.45, 2.75) is 50.7 Å². The van der Waals surface area contributed by atoms with Crippen LogP contribution in [0, 0.1) is 0 Å². The van der Waals surface area contributed by atoms with Crippen LogP contribution in [0.3, 0.4) is 0 Å². The fourth-order valence-corrected chi connectivity index (χ4v) is 4.40. The van der Waals surface area contributed by atoms with Crippen molar-refractivity contribution in [3.63, 3.8) is 0 Å². The molecule has 0 saturated heterocycles. The maximum Gasteiger partial charge on any atom is 0.275 e. The second-order valence-corrected chi connectivity index (χ2v) is 8.53. The number of rotatable bonds is 8. The second-order valence-electron chi connectivity index (χ2n) is 8.53. The SMILES string of the molecule is COc1ccc([C@@H](C(=O)NC2CCCCC2)N(Cc2ccccc2)C(=O)c2cnccn2)cc1. The first-order valence-corrected chi connectivity index (χ1v) is 11.7. The van der Waals surface area contributed by atoms with Crippen molar-refractivity contribution in [1.82, 2.24) is 20.2 Å². The highest BCUT2D eigenvalue weighted by atomic mass is 16.5. The van der Waals surface area contributed by atoms with E-state index in [0.29, 0.717) is 11.3 Å². The van der Waals surface area contributed by atoms with Crippen LogP contribution in [-0.4, -0.2) is 39.8 Å². The number of benzene rings is 2. The Balaban J connectivity index is 1.73. The zero-order valence-corrected chi connectivity index (χ0v) is 19.4. The normalized spacial score (nSPS) is 14.7. The largest absolute Gasteiger partial charge is 0.497 e. The average molecular weight is 459 g/mol. The zero-order valence-electron chi connectivity index (χ0n) is 19.4. The molecule has 34 heavy (non-hydrogen) atoms. The lowest BCUT2D eigenvalue weighted by atomic mass is 9.94. The van der Waals surface area contributed by atoms with Crippen molar-refractivity contribution in [3.8, 4) is 5.75 Å². The van der Waals surface area contributed by atoms with Crippen molar-refractivity contribution < 1.29 is 14.3 Å². The second kappa shape index (κ2) is 11.4. The summed E-state index contributed by atoms with van der Waals surface area (Å²) in [6, 6.07) is 16.2. The van der Waals surface area contributed by atoms with Gasteiger partial charge in [0.1, 0.15) is 17.5 Å². The molecule has 1 saturated carbocycles. The van der Waals surface area contributed by atoms with E-state index in [1.54, 1.807) is 12.0 Å². The summed E-state index contributed by atoms with van der Waals surface area (Å²) in [5, 5.41) is 3.22. The fraction of sp³-hybridized carbons (Fsp3) is 0.333. The lowest BCUT2D eigenvalue weighted by Gasteiger charge is -2.33. The first-order chi connectivity index (χ1) is 16.7. The van der Waals surface area contributed by atoms with E-state index in [0.717, 1.165) is 31.2 Å². The Kier molecular flexibility index (Phi) is 7.86. The van der Waals surface area contributed by atoms with Crippen LogP contribution in [0.2, 0.25) is 0 Å². The Labute approximate surface area is 200 Å². The molecule has 176 valence electrons. The summed E-state index contributed by atoms with van der Waals surface area (Å²) < 4.78 is 5.30. The van der Waals surface area contributed by atoms with Crippen molar-refractivity contribution in [1.29, 1.82) is 0 Å². The summed E-state index contributed by atoms with van der Waals surface area (Å²) >= 11 is 0. The number of ether oxygens (including phenoxy) is 1. The molecule has 7 nitrogen and oxygen atoms in total. The van der Waals surface area contributed by atoms with Gasteiger partial charge in [-0.15, -0.1) is 0 Å². The third kappa shape index (κ3) is 5.78. The van der Waals surface area contributed by atoms with E-state index in [2.05, 4.69) is 15.3 Å². The fourth-order valence-electron chi connectivity index (χ4n) is 4.40. The molecule has 7 heteroatoms. The van der Waals surface area contributed by atoms with E-state index in [9.17, 15) is 9.59 Å². The van der Waals surface area contributed by atoms with Gasteiger partial charge in [0.2, 0.25) is 5.91 Å². The molecule has 0 aliphatic heterocycles. The lowest BCUT2D eigenvalue weighted by Crippen LogP contribution is -2.47. The molecular weight excluding hydrogens is 428 g/mol. The van der Waals surface area contributed by atoms with Crippen molar-refractivity contribution in [3.05, 3.63) is 90.0 Å². The van der Waals surface area contributed by atoms with Crippen LogP contribution in [0.4, 0.5) is 0 Å². The average Bonchev–Trinajstić information content (AvgIpc) is 2.90. The number of carbonyl (C=O) groups excluding carboxylic acids is 2. The van der Waals surface area contributed by atoms with E-state index in [4.69, 9.17) is 4.74 Å². The van der Waals surface area contributed by atoms with Gasteiger partial charge in [0.15, 0.2) is 0 Å². The Bertz CT molecular complexity index is 1070. The molecule has 4 rings (SSSR count). The van der Waals surface area contributed by atoms with E-state index < -0.39 is 6.04 Å². The highest BCUT2D eigenvalue weighted by Gasteiger charge is 2.34. The van der Waals surface area contributed by atoms with Gasteiger partial charge in [-0.05, 0) is 36.1 Å². The van der Waals surface area contributed by atoms with Crippen LogP contribution in [0.1, 0.15) is 59.8 Å². The Morgan fingerprint density at radius 2 is 1.76 bits per heavy atom. The smallest absolute Gasteiger partial charge is 0.275 e. The molecule has 1 atom stereocenters. The molecule has 1 aliphatic carbocycles. The van der Waals surface area contributed by atoms with Crippen molar-refractivity contribution in [2.75, 3.05) is 7.11 Å². The first kappa shape index (κ1) is 23.4. The summed E-state index contributed by atoms with van der Waals surface area (Å²) in [5.41, 5.74) is 1.83. The van der Waals surface area contributed by atoms with Crippen LogP contribution in [-0.2, 0) is 11.3 Å². The third-order valence-corrected chi connectivity index (χ3v) is 6.18. The molecule has 1 fully saturated rings. The molecule has 0 spiro atoms. The van der Waals surface area contributed by atoms with Crippen molar-refractivity contribution >= 4 is 11.8 Å². The van der Waals surface area contributed by atoms with Crippen LogP contribution >= 0.6 is 0 Å². The molecular formula is C27H30N4O3. The van der Waals surface area contributed by atoms with E-state index in [1.165, 1.54) is 25.0 Å². The molecule has 0 unspecified atom stereocenters. The van der Waals surface area contributed by atoms with Crippen LogP contribution in [0.15, 0.2) is 73.2 Å². The summed E-state index contributed by atoms with van der Waals surface area (Å²) in [7, 11) is 1.60. The number of amides is 2. The minimum atomic E-state index is -0.831. The zero-order chi connectivity index (χ0) is 23.8. The monoisotopic (exact) mass is 458 g/mol. The molecule has 0 radical (unpaired) electrons. The number of aromatic nitrogens is 2. The molecule has 1 aliphatic rings. The van der Waals surface area contributed by atoms with Crippen LogP contribution in [0.5, 0.6) is 5.75 Å². The lowest BCUT2D eigenvalue weighted by molar-refractivity contribution is -0.127. The highest BCUT2D eigenvalue weighted by Crippen LogP contribution is 2.28. The van der Waals surface area contributed by atoms with E-state index in [-0.39, 0.29) is 30.1 Å². The van der Waals surface area contributed by atoms with Gasteiger partial charge in [0, 0.05) is 25.0 Å². The number of hydrogen-bond donors (Lipinski definition) is 1. The first-order valence-electron chi connectivity index (χ1n) is 11.7. The summed E-state index contributed by atoms with van der Waals surface area (Å²) in [5.74, 6) is 0.145. The summed E-state index contributed by atoms with van der Waals surface area (Å²) in [6.45, 7) is 0.255. The number of methoxy groups -OCH3 is 1. The van der Waals surface area contributed by atoms with Gasteiger partial charge in [0.05, 0.1) is 13.3 Å². The number of carbonyl (C=O) groups is 2. The minimum absolute atomic E-state index is 0.118. The van der Waals surface area contributed by atoms with Gasteiger partial charge >= 0.3 is 0 Å². The van der Waals surface area contributed by atoms with Gasteiger partial charge < -0.3 is 15.0 Å². The maximum atomic E-state index is 13.8. The van der Waals surface area contributed by atoms with Gasteiger partial charge in [-0.3, -0.25) is 14.6 Å². The van der Waals surface area contributed by atoms with Crippen LogP contribution < -0.4 is 10.1 Å². The van der Waals surface area contributed by atoms with E-state index in [1.807, 2.05) is 54.6 Å².